The SMILES string of the molecule is CCCCCC(F)C(=O)CCC1C(O)CC(=O)C1C/C=C\CCCC(=O)OC. The standard InChI is InChI=1S/C22H35FO5/c1-3-4-7-11-18(23)19(24)14-13-17-16(20(25)15-21(17)26)10-8-5-6-9-12-22(27)28-2/h5,8,16-18,21,26H,3-4,6-7,9-15H2,1-2H3/b8-5-. The molecule has 4 unspecified atom stereocenters. The van der Waals surface area contributed by atoms with E-state index < -0.39 is 18.1 Å². The Kier molecular flexibility index (Phi) is 11.9. The largest absolute Gasteiger partial charge is 0.469 e. The van der Waals surface area contributed by atoms with E-state index in [2.05, 4.69) is 4.74 Å². The fourth-order valence-electron chi connectivity index (χ4n) is 3.74. The smallest absolute Gasteiger partial charge is 0.305 e. The van der Waals surface area contributed by atoms with Crippen LogP contribution in [0.3, 0.4) is 0 Å². The number of hydrogen-bond donors (Lipinski definition) is 1. The minimum atomic E-state index is -1.44. The van der Waals surface area contributed by atoms with Crippen LogP contribution in [0.4, 0.5) is 4.39 Å². The lowest BCUT2D eigenvalue weighted by atomic mass is 9.86. The maximum absolute atomic E-state index is 13.9. The molecule has 1 rings (SSSR count). The summed E-state index contributed by atoms with van der Waals surface area (Å²) in [7, 11) is 1.36. The van der Waals surface area contributed by atoms with Gasteiger partial charge in [-0.2, -0.15) is 0 Å². The molecule has 160 valence electrons. The number of allylic oxidation sites excluding steroid dienone is 2. The Morgan fingerprint density at radius 1 is 1.25 bits per heavy atom. The zero-order valence-electron chi connectivity index (χ0n) is 17.2. The number of Topliss-reactive ketones (excluding diaryl/α,β-unsaturated/α-hetero) is 2. The lowest BCUT2D eigenvalue weighted by Gasteiger charge is -2.20. The highest BCUT2D eigenvalue weighted by Gasteiger charge is 2.40. The molecule has 1 N–H and O–H groups in total. The highest BCUT2D eigenvalue weighted by molar-refractivity contribution is 5.85. The maximum atomic E-state index is 13.9. The number of carbonyl (C=O) groups excluding carboxylic acids is 3. The van der Waals surface area contributed by atoms with E-state index in [1.165, 1.54) is 7.11 Å². The van der Waals surface area contributed by atoms with Crippen molar-refractivity contribution in [3.05, 3.63) is 12.2 Å². The second kappa shape index (κ2) is 13.6. The van der Waals surface area contributed by atoms with Crippen molar-refractivity contribution in [3.63, 3.8) is 0 Å². The number of hydrogen-bond acceptors (Lipinski definition) is 5. The second-order valence-electron chi connectivity index (χ2n) is 7.65. The van der Waals surface area contributed by atoms with Crippen molar-refractivity contribution in [1.29, 1.82) is 0 Å². The molecule has 1 fully saturated rings. The monoisotopic (exact) mass is 398 g/mol. The molecule has 4 atom stereocenters. The number of alkyl halides is 1. The second-order valence-corrected chi connectivity index (χ2v) is 7.65. The molecule has 1 aliphatic rings. The van der Waals surface area contributed by atoms with E-state index in [0.29, 0.717) is 38.5 Å². The Morgan fingerprint density at radius 3 is 2.68 bits per heavy atom. The van der Waals surface area contributed by atoms with Crippen molar-refractivity contribution in [1.82, 2.24) is 0 Å². The first kappa shape index (κ1) is 24.5. The molecule has 5 nitrogen and oxygen atoms in total. The summed E-state index contributed by atoms with van der Waals surface area (Å²) in [5.41, 5.74) is 0. The van der Waals surface area contributed by atoms with Gasteiger partial charge in [0, 0.05) is 25.2 Å². The predicted molar refractivity (Wildman–Crippen MR) is 106 cm³/mol. The van der Waals surface area contributed by atoms with Gasteiger partial charge in [-0.05, 0) is 38.0 Å². The van der Waals surface area contributed by atoms with Crippen LogP contribution in [0.1, 0.15) is 77.6 Å². The van der Waals surface area contributed by atoms with Gasteiger partial charge in [-0.3, -0.25) is 14.4 Å². The van der Waals surface area contributed by atoms with Gasteiger partial charge >= 0.3 is 5.97 Å². The Labute approximate surface area is 167 Å². The maximum Gasteiger partial charge on any atom is 0.305 e. The van der Waals surface area contributed by atoms with E-state index in [9.17, 15) is 23.9 Å². The first-order valence-corrected chi connectivity index (χ1v) is 10.5. The van der Waals surface area contributed by atoms with Gasteiger partial charge in [0.25, 0.3) is 0 Å². The molecule has 0 aromatic heterocycles. The van der Waals surface area contributed by atoms with Crippen LogP contribution in [0.2, 0.25) is 0 Å². The molecule has 0 radical (unpaired) electrons. The van der Waals surface area contributed by atoms with E-state index >= 15 is 0 Å². The number of carbonyl (C=O) groups is 3. The first-order chi connectivity index (χ1) is 13.4. The van der Waals surface area contributed by atoms with Gasteiger partial charge in [0.2, 0.25) is 0 Å². The van der Waals surface area contributed by atoms with Gasteiger partial charge in [-0.15, -0.1) is 0 Å². The minimum absolute atomic E-state index is 0.00361. The first-order valence-electron chi connectivity index (χ1n) is 10.5. The molecule has 0 aromatic carbocycles. The van der Waals surface area contributed by atoms with E-state index in [1.807, 2.05) is 19.1 Å². The Morgan fingerprint density at radius 2 is 2.00 bits per heavy atom. The summed E-state index contributed by atoms with van der Waals surface area (Å²) in [6.07, 6.45) is 7.27. The van der Waals surface area contributed by atoms with Crippen LogP contribution >= 0.6 is 0 Å². The summed E-state index contributed by atoms with van der Waals surface area (Å²) in [5, 5.41) is 10.2. The molecule has 28 heavy (non-hydrogen) atoms. The number of rotatable bonds is 14. The number of halogens is 1. The number of aliphatic hydroxyl groups is 1. The van der Waals surface area contributed by atoms with Crippen molar-refractivity contribution in [2.45, 2.75) is 89.8 Å². The van der Waals surface area contributed by atoms with Gasteiger partial charge in [-0.1, -0.05) is 38.3 Å². The summed E-state index contributed by atoms with van der Waals surface area (Å²) in [5.74, 6) is -1.27. The van der Waals surface area contributed by atoms with E-state index in [0.717, 1.165) is 12.8 Å². The highest BCUT2D eigenvalue weighted by atomic mass is 19.1. The molecule has 0 aliphatic heterocycles. The topological polar surface area (TPSA) is 80.7 Å². The van der Waals surface area contributed by atoms with Crippen LogP contribution < -0.4 is 0 Å². The van der Waals surface area contributed by atoms with Gasteiger partial charge in [0.05, 0.1) is 13.2 Å². The molecule has 0 saturated heterocycles. The fourth-order valence-corrected chi connectivity index (χ4v) is 3.74. The van der Waals surface area contributed by atoms with Gasteiger partial charge < -0.3 is 9.84 Å². The highest BCUT2D eigenvalue weighted by Crippen LogP contribution is 2.35. The minimum Gasteiger partial charge on any atom is -0.469 e. The fraction of sp³-hybridized carbons (Fsp3) is 0.773. The van der Waals surface area contributed by atoms with Crippen LogP contribution in [-0.2, 0) is 19.1 Å². The van der Waals surface area contributed by atoms with Crippen LogP contribution in [0.15, 0.2) is 12.2 Å². The van der Waals surface area contributed by atoms with Gasteiger partial charge in [0.15, 0.2) is 12.0 Å². The van der Waals surface area contributed by atoms with Crippen LogP contribution in [0.25, 0.3) is 0 Å². The zero-order chi connectivity index (χ0) is 20.9. The van der Waals surface area contributed by atoms with Crippen molar-refractivity contribution >= 4 is 17.5 Å². The van der Waals surface area contributed by atoms with Crippen molar-refractivity contribution in [2.75, 3.05) is 7.11 Å². The molecule has 0 spiro atoms. The summed E-state index contributed by atoms with van der Waals surface area (Å²) in [6, 6.07) is 0. The zero-order valence-corrected chi connectivity index (χ0v) is 17.2. The summed E-state index contributed by atoms with van der Waals surface area (Å²) >= 11 is 0. The number of aliphatic hydroxyl groups excluding tert-OH is 1. The Balaban J connectivity index is 2.42. The lowest BCUT2D eigenvalue weighted by Crippen LogP contribution is -2.23. The Bertz CT molecular complexity index is 531. The number of methoxy groups -OCH3 is 1. The Hall–Kier alpha value is -1.56. The normalized spacial score (nSPS) is 23.3. The molecular formula is C22H35FO5. The lowest BCUT2D eigenvalue weighted by molar-refractivity contribution is -0.140. The third kappa shape index (κ3) is 8.63. The number of ether oxygens (including phenoxy) is 1. The molecule has 1 saturated carbocycles. The molecule has 0 bridgehead atoms. The molecule has 1 aliphatic carbocycles. The molecule has 6 heteroatoms. The molecule has 0 heterocycles. The van der Waals surface area contributed by atoms with E-state index in [1.54, 1.807) is 0 Å². The molecule has 0 aromatic rings. The summed E-state index contributed by atoms with van der Waals surface area (Å²) in [6.45, 7) is 2.03. The number of unbranched alkanes of at least 4 members (excludes halogenated alkanes) is 3. The summed E-state index contributed by atoms with van der Waals surface area (Å²) < 4.78 is 18.5. The van der Waals surface area contributed by atoms with E-state index in [-0.39, 0.29) is 42.9 Å². The van der Waals surface area contributed by atoms with Crippen molar-refractivity contribution < 1.29 is 28.6 Å². The predicted octanol–water partition coefficient (Wildman–Crippen LogP) is 4.11. The van der Waals surface area contributed by atoms with Crippen molar-refractivity contribution in [2.24, 2.45) is 11.8 Å². The molecular weight excluding hydrogens is 363 g/mol. The summed E-state index contributed by atoms with van der Waals surface area (Å²) in [4.78, 5) is 35.2. The van der Waals surface area contributed by atoms with Gasteiger partial charge in [-0.25, -0.2) is 4.39 Å². The quantitative estimate of drug-likeness (QED) is 0.271. The number of esters is 1. The van der Waals surface area contributed by atoms with Crippen LogP contribution in [-0.4, -0.2) is 42.0 Å². The van der Waals surface area contributed by atoms with Crippen molar-refractivity contribution in [3.8, 4) is 0 Å². The average molecular weight is 399 g/mol. The molecule has 0 amide bonds. The van der Waals surface area contributed by atoms with Gasteiger partial charge in [0.1, 0.15) is 5.78 Å². The average Bonchev–Trinajstić information content (AvgIpc) is 2.94. The third-order valence-electron chi connectivity index (χ3n) is 5.51. The van der Waals surface area contributed by atoms with Crippen LogP contribution in [0, 0.1) is 11.8 Å². The van der Waals surface area contributed by atoms with E-state index in [4.69, 9.17) is 0 Å². The number of ketones is 2. The van der Waals surface area contributed by atoms with Crippen LogP contribution in [0.5, 0.6) is 0 Å². The third-order valence-corrected chi connectivity index (χ3v) is 5.51.